The van der Waals surface area contributed by atoms with Gasteiger partial charge >= 0.3 is 0 Å². The lowest BCUT2D eigenvalue weighted by Gasteiger charge is -2.08. The Morgan fingerprint density at radius 2 is 2.33 bits per heavy atom. The molecular weight excluding hydrogens is 208 g/mol. The molecule has 74 valence electrons. The van der Waals surface area contributed by atoms with Gasteiger partial charge < -0.3 is 0 Å². The number of isocyanates is 1. The van der Waals surface area contributed by atoms with Gasteiger partial charge in [-0.3, -0.25) is 0 Å². The molecule has 2 aromatic rings. The third kappa shape index (κ3) is 1.23. The minimum atomic E-state index is -0.284. The zero-order valence-electron chi connectivity index (χ0n) is 7.93. The Kier molecular flexibility index (Phi) is 1.75. The summed E-state index contributed by atoms with van der Waals surface area (Å²) in [7, 11) is 0. The Morgan fingerprint density at radius 1 is 1.47 bits per heavy atom. The summed E-state index contributed by atoms with van der Waals surface area (Å²) in [4.78, 5) is 18.6. The van der Waals surface area contributed by atoms with Gasteiger partial charge in [0.25, 0.3) is 0 Å². The highest BCUT2D eigenvalue weighted by Crippen LogP contribution is 2.51. The number of aromatic nitrogens is 1. The van der Waals surface area contributed by atoms with Crippen LogP contribution in [-0.2, 0) is 10.3 Å². The highest BCUT2D eigenvalue weighted by atomic mass is 32.1. The first kappa shape index (κ1) is 8.77. The molecule has 1 fully saturated rings. The third-order valence-corrected chi connectivity index (χ3v) is 3.72. The van der Waals surface area contributed by atoms with E-state index in [0.717, 1.165) is 28.6 Å². The molecule has 0 radical (unpaired) electrons. The van der Waals surface area contributed by atoms with Crippen LogP contribution in [0, 0.1) is 0 Å². The zero-order chi connectivity index (χ0) is 10.3. The molecule has 0 aliphatic heterocycles. The molecule has 0 unspecified atom stereocenters. The number of fused-ring (bicyclic) bond motifs is 1. The molecule has 0 amide bonds. The number of thiazole rings is 1. The molecule has 15 heavy (non-hydrogen) atoms. The fourth-order valence-corrected chi connectivity index (χ4v) is 2.80. The van der Waals surface area contributed by atoms with E-state index in [2.05, 4.69) is 9.98 Å². The predicted octanol–water partition coefficient (Wildman–Crippen LogP) is 2.62. The van der Waals surface area contributed by atoms with Crippen LogP contribution in [-0.4, -0.2) is 11.1 Å². The summed E-state index contributed by atoms with van der Waals surface area (Å²) in [6, 6.07) is 5.99. The van der Waals surface area contributed by atoms with E-state index in [1.807, 2.05) is 23.7 Å². The zero-order valence-corrected chi connectivity index (χ0v) is 8.75. The van der Waals surface area contributed by atoms with Crippen molar-refractivity contribution < 1.29 is 4.79 Å². The molecule has 1 aromatic carbocycles. The number of benzene rings is 1. The summed E-state index contributed by atoms with van der Waals surface area (Å²) < 4.78 is 1.15. The molecule has 1 aromatic heterocycles. The Bertz CT molecular complexity index is 565. The minimum absolute atomic E-state index is 0.284. The Balaban J connectivity index is 2.26. The van der Waals surface area contributed by atoms with Crippen LogP contribution in [0.4, 0.5) is 0 Å². The van der Waals surface area contributed by atoms with E-state index in [1.54, 1.807) is 17.4 Å². The lowest BCUT2D eigenvalue weighted by molar-refractivity contribution is 0.556. The number of aliphatic imine (C=N–C) groups is 1. The maximum atomic E-state index is 10.4. The fourth-order valence-electron chi connectivity index (χ4n) is 1.90. The van der Waals surface area contributed by atoms with E-state index in [9.17, 15) is 4.79 Å². The molecular formula is C11H8N2OS. The van der Waals surface area contributed by atoms with Gasteiger partial charge in [0.2, 0.25) is 6.08 Å². The van der Waals surface area contributed by atoms with Crippen molar-refractivity contribution in [1.82, 2.24) is 4.98 Å². The van der Waals surface area contributed by atoms with E-state index in [-0.39, 0.29) is 5.54 Å². The first-order valence-corrected chi connectivity index (χ1v) is 5.65. The number of nitrogens with zero attached hydrogens (tertiary/aromatic N) is 2. The minimum Gasteiger partial charge on any atom is -0.245 e. The molecule has 1 saturated carbocycles. The molecule has 3 rings (SSSR count). The second-order valence-electron chi connectivity index (χ2n) is 3.74. The van der Waals surface area contributed by atoms with Crippen molar-refractivity contribution in [1.29, 1.82) is 0 Å². The standard InChI is InChI=1S/C11H8N2OS/c14-6-13-11(4-5-11)8-2-1-3-9-10(8)15-7-12-9/h1-3,7H,4-5H2. The van der Waals surface area contributed by atoms with Crippen LogP contribution in [0.5, 0.6) is 0 Å². The van der Waals surface area contributed by atoms with Crippen molar-refractivity contribution >= 4 is 27.6 Å². The largest absolute Gasteiger partial charge is 0.245 e. The monoisotopic (exact) mass is 216 g/mol. The molecule has 1 heterocycles. The van der Waals surface area contributed by atoms with E-state index in [1.165, 1.54) is 0 Å². The number of rotatable bonds is 2. The lowest BCUT2D eigenvalue weighted by Crippen LogP contribution is -2.01. The number of hydrogen-bond donors (Lipinski definition) is 0. The average molecular weight is 216 g/mol. The summed E-state index contributed by atoms with van der Waals surface area (Å²) >= 11 is 1.61. The van der Waals surface area contributed by atoms with Gasteiger partial charge in [0.15, 0.2) is 0 Å². The highest BCUT2D eigenvalue weighted by molar-refractivity contribution is 7.17. The summed E-state index contributed by atoms with van der Waals surface area (Å²) in [5.41, 5.74) is 3.67. The van der Waals surface area contributed by atoms with Gasteiger partial charge in [-0.15, -0.1) is 11.3 Å². The second kappa shape index (κ2) is 2.99. The van der Waals surface area contributed by atoms with Crippen LogP contribution in [0.25, 0.3) is 10.2 Å². The van der Waals surface area contributed by atoms with Crippen LogP contribution in [0.2, 0.25) is 0 Å². The number of hydrogen-bond acceptors (Lipinski definition) is 4. The quantitative estimate of drug-likeness (QED) is 0.572. The summed E-state index contributed by atoms with van der Waals surface area (Å²) in [6.45, 7) is 0. The first-order chi connectivity index (χ1) is 7.36. The summed E-state index contributed by atoms with van der Waals surface area (Å²) in [5.74, 6) is 0. The van der Waals surface area contributed by atoms with Crippen LogP contribution >= 0.6 is 11.3 Å². The smallest absolute Gasteiger partial charge is 0.235 e. The maximum Gasteiger partial charge on any atom is 0.235 e. The van der Waals surface area contributed by atoms with E-state index >= 15 is 0 Å². The SMILES string of the molecule is O=C=NC1(c2cccc3ncsc23)CC1. The van der Waals surface area contributed by atoms with Crippen molar-refractivity contribution in [3.05, 3.63) is 29.3 Å². The Labute approximate surface area is 90.5 Å². The van der Waals surface area contributed by atoms with Crippen molar-refractivity contribution in [2.45, 2.75) is 18.4 Å². The summed E-state index contributed by atoms with van der Waals surface area (Å²) in [6.07, 6.45) is 3.57. The molecule has 4 heteroatoms. The van der Waals surface area contributed by atoms with Gasteiger partial charge in [0.1, 0.15) is 0 Å². The second-order valence-corrected chi connectivity index (χ2v) is 4.60. The van der Waals surface area contributed by atoms with E-state index < -0.39 is 0 Å². The van der Waals surface area contributed by atoms with Crippen LogP contribution in [0.1, 0.15) is 18.4 Å². The molecule has 0 atom stereocenters. The maximum absolute atomic E-state index is 10.4. The van der Waals surface area contributed by atoms with Gasteiger partial charge in [-0.05, 0) is 24.5 Å². The van der Waals surface area contributed by atoms with Crippen LogP contribution in [0.15, 0.2) is 28.7 Å². The Hall–Kier alpha value is -1.51. The van der Waals surface area contributed by atoms with Crippen molar-refractivity contribution in [3.8, 4) is 0 Å². The highest BCUT2D eigenvalue weighted by Gasteiger charge is 2.46. The van der Waals surface area contributed by atoms with Gasteiger partial charge in [0, 0.05) is 0 Å². The van der Waals surface area contributed by atoms with Crippen molar-refractivity contribution in [2.75, 3.05) is 0 Å². The molecule has 0 N–H and O–H groups in total. The normalized spacial score (nSPS) is 17.3. The van der Waals surface area contributed by atoms with E-state index in [0.29, 0.717) is 0 Å². The molecule has 0 saturated heterocycles. The lowest BCUT2D eigenvalue weighted by atomic mass is 10.1. The molecule has 0 spiro atoms. The topological polar surface area (TPSA) is 42.3 Å². The molecule has 1 aliphatic carbocycles. The van der Waals surface area contributed by atoms with Crippen LogP contribution in [0.3, 0.4) is 0 Å². The van der Waals surface area contributed by atoms with Crippen molar-refractivity contribution in [2.24, 2.45) is 4.99 Å². The summed E-state index contributed by atoms with van der Waals surface area (Å²) in [5, 5.41) is 0. The van der Waals surface area contributed by atoms with E-state index in [4.69, 9.17) is 0 Å². The average Bonchev–Trinajstić information content (AvgIpc) is 2.88. The van der Waals surface area contributed by atoms with Crippen molar-refractivity contribution in [3.63, 3.8) is 0 Å². The van der Waals surface area contributed by atoms with Gasteiger partial charge in [-0.25, -0.2) is 9.78 Å². The molecule has 3 nitrogen and oxygen atoms in total. The number of carbonyl (C=O) groups excluding carboxylic acids is 1. The first-order valence-electron chi connectivity index (χ1n) is 4.77. The molecule has 0 bridgehead atoms. The predicted molar refractivity (Wildman–Crippen MR) is 58.7 cm³/mol. The van der Waals surface area contributed by atoms with Gasteiger partial charge in [-0.2, -0.15) is 4.99 Å². The Morgan fingerprint density at radius 3 is 3.07 bits per heavy atom. The van der Waals surface area contributed by atoms with Gasteiger partial charge in [0.05, 0.1) is 21.3 Å². The fraction of sp³-hybridized carbons (Fsp3) is 0.273. The van der Waals surface area contributed by atoms with Crippen LogP contribution < -0.4 is 0 Å². The third-order valence-electron chi connectivity index (χ3n) is 2.84. The molecule has 1 aliphatic rings. The van der Waals surface area contributed by atoms with Gasteiger partial charge in [-0.1, -0.05) is 12.1 Å².